The summed E-state index contributed by atoms with van der Waals surface area (Å²) in [6.07, 6.45) is 2.95. The molecule has 0 atom stereocenters. The van der Waals surface area contributed by atoms with E-state index >= 15 is 0 Å². The van der Waals surface area contributed by atoms with Crippen molar-refractivity contribution in [3.8, 4) is 0 Å². The fourth-order valence-corrected chi connectivity index (χ4v) is 1.60. The van der Waals surface area contributed by atoms with Crippen molar-refractivity contribution in [2.24, 2.45) is 0 Å². The molecular weight excluding hydrogens is 156 g/mol. The number of fused-ring (bicyclic) bond motifs is 1. The Morgan fingerprint density at radius 2 is 2.17 bits per heavy atom. The summed E-state index contributed by atoms with van der Waals surface area (Å²) < 4.78 is 1.64. The molecule has 0 saturated heterocycles. The highest BCUT2D eigenvalue weighted by Gasteiger charge is 2.09. The first kappa shape index (κ1) is 7.34. The summed E-state index contributed by atoms with van der Waals surface area (Å²) in [7, 11) is 0. The van der Waals surface area contributed by atoms with Gasteiger partial charge in [-0.05, 0) is 19.3 Å². The minimum atomic E-state index is -0.284. The van der Waals surface area contributed by atoms with Crippen molar-refractivity contribution in [3.05, 3.63) is 32.6 Å². The van der Waals surface area contributed by atoms with E-state index in [1.54, 1.807) is 4.57 Å². The van der Waals surface area contributed by atoms with Gasteiger partial charge in [-0.15, -0.1) is 0 Å². The zero-order valence-electron chi connectivity index (χ0n) is 6.67. The van der Waals surface area contributed by atoms with Gasteiger partial charge in [-0.2, -0.15) is 0 Å². The van der Waals surface area contributed by atoms with Crippen LogP contribution in [0.25, 0.3) is 0 Å². The van der Waals surface area contributed by atoms with E-state index in [1.165, 1.54) is 6.07 Å². The molecule has 0 aliphatic carbocycles. The third-order valence-electron chi connectivity index (χ3n) is 2.18. The second-order valence-electron chi connectivity index (χ2n) is 3.04. The summed E-state index contributed by atoms with van der Waals surface area (Å²) in [5.41, 5.74) is 0.320. The average Bonchev–Trinajstić information content (AvgIpc) is 2.04. The van der Waals surface area contributed by atoms with Crippen molar-refractivity contribution in [3.63, 3.8) is 0 Å². The number of H-pyrrole nitrogens is 1. The zero-order chi connectivity index (χ0) is 8.55. The van der Waals surface area contributed by atoms with Gasteiger partial charge >= 0.3 is 5.69 Å². The number of hydrogen-bond acceptors (Lipinski definition) is 2. The molecule has 0 unspecified atom stereocenters. The predicted molar refractivity (Wildman–Crippen MR) is 44.3 cm³/mol. The minimum absolute atomic E-state index is 0.266. The fourth-order valence-electron chi connectivity index (χ4n) is 1.60. The molecule has 0 saturated carbocycles. The number of rotatable bonds is 0. The van der Waals surface area contributed by atoms with Gasteiger partial charge in [0.2, 0.25) is 0 Å². The first-order chi connectivity index (χ1) is 5.77. The Morgan fingerprint density at radius 1 is 1.33 bits per heavy atom. The highest BCUT2D eigenvalue weighted by molar-refractivity contribution is 5.03. The van der Waals surface area contributed by atoms with E-state index in [4.69, 9.17) is 0 Å². The smallest absolute Gasteiger partial charge is 0.298 e. The molecule has 2 heterocycles. The van der Waals surface area contributed by atoms with Gasteiger partial charge in [0.25, 0.3) is 5.56 Å². The van der Waals surface area contributed by atoms with Crippen LogP contribution in [0.15, 0.2) is 15.7 Å². The lowest BCUT2D eigenvalue weighted by atomic mass is 10.1. The molecular formula is C8H10N2O2. The van der Waals surface area contributed by atoms with Crippen molar-refractivity contribution >= 4 is 0 Å². The number of hydrogen-bond donors (Lipinski definition) is 1. The van der Waals surface area contributed by atoms with Crippen LogP contribution in [0, 0.1) is 0 Å². The van der Waals surface area contributed by atoms with Gasteiger partial charge in [-0.25, -0.2) is 4.79 Å². The second-order valence-corrected chi connectivity index (χ2v) is 3.04. The van der Waals surface area contributed by atoms with E-state index < -0.39 is 0 Å². The maximum atomic E-state index is 11.2. The van der Waals surface area contributed by atoms with Crippen LogP contribution in [-0.4, -0.2) is 9.55 Å². The van der Waals surface area contributed by atoms with Crippen LogP contribution in [0.2, 0.25) is 0 Å². The molecule has 0 spiro atoms. The normalized spacial score (nSPS) is 15.7. The molecule has 1 aromatic heterocycles. The quantitative estimate of drug-likeness (QED) is 0.583. The van der Waals surface area contributed by atoms with Crippen molar-refractivity contribution in [1.29, 1.82) is 0 Å². The van der Waals surface area contributed by atoms with E-state index in [0.29, 0.717) is 0 Å². The molecule has 1 aliphatic heterocycles. The Balaban J connectivity index is 2.68. The van der Waals surface area contributed by atoms with Crippen LogP contribution >= 0.6 is 0 Å². The third kappa shape index (κ3) is 1.09. The minimum Gasteiger partial charge on any atom is -0.298 e. The van der Waals surface area contributed by atoms with Crippen LogP contribution in [0.4, 0.5) is 0 Å². The number of aromatic nitrogens is 2. The fraction of sp³-hybridized carbons (Fsp3) is 0.500. The molecule has 0 radical (unpaired) electrons. The Kier molecular flexibility index (Phi) is 1.60. The lowest BCUT2D eigenvalue weighted by molar-refractivity contribution is 0.501. The number of nitrogens with one attached hydrogen (secondary N) is 1. The van der Waals surface area contributed by atoms with E-state index in [1.807, 2.05) is 0 Å². The lowest BCUT2D eigenvalue weighted by Gasteiger charge is -2.16. The monoisotopic (exact) mass is 166 g/mol. The Morgan fingerprint density at radius 3 is 3.00 bits per heavy atom. The van der Waals surface area contributed by atoms with Gasteiger partial charge in [0, 0.05) is 18.3 Å². The van der Waals surface area contributed by atoms with Gasteiger partial charge in [-0.1, -0.05) is 0 Å². The highest BCUT2D eigenvalue weighted by atomic mass is 16.2. The van der Waals surface area contributed by atoms with Crippen molar-refractivity contribution in [1.82, 2.24) is 9.55 Å². The Hall–Kier alpha value is -1.32. The van der Waals surface area contributed by atoms with Crippen molar-refractivity contribution < 1.29 is 0 Å². The van der Waals surface area contributed by atoms with Gasteiger partial charge < -0.3 is 0 Å². The molecule has 0 aromatic carbocycles. The molecule has 1 aliphatic rings. The maximum absolute atomic E-state index is 11.2. The number of aryl methyl sites for hydroxylation is 1. The predicted octanol–water partition coefficient (Wildman–Crippen LogP) is -0.127. The van der Waals surface area contributed by atoms with Crippen LogP contribution in [0.1, 0.15) is 18.5 Å². The van der Waals surface area contributed by atoms with Crippen LogP contribution in [0.5, 0.6) is 0 Å². The first-order valence-electron chi connectivity index (χ1n) is 4.10. The summed E-state index contributed by atoms with van der Waals surface area (Å²) in [4.78, 5) is 24.3. The molecule has 0 amide bonds. The maximum Gasteiger partial charge on any atom is 0.328 e. The van der Waals surface area contributed by atoms with Gasteiger partial charge in [0.1, 0.15) is 0 Å². The van der Waals surface area contributed by atoms with Crippen molar-refractivity contribution in [2.75, 3.05) is 0 Å². The topological polar surface area (TPSA) is 54.9 Å². The summed E-state index contributed by atoms with van der Waals surface area (Å²) in [6, 6.07) is 1.51. The average molecular weight is 166 g/mol. The van der Waals surface area contributed by atoms with Crippen molar-refractivity contribution in [2.45, 2.75) is 25.8 Å². The molecule has 12 heavy (non-hydrogen) atoms. The second kappa shape index (κ2) is 2.62. The van der Waals surface area contributed by atoms with E-state index in [9.17, 15) is 9.59 Å². The Labute approximate surface area is 68.9 Å². The molecule has 1 aromatic rings. The molecule has 4 nitrogen and oxygen atoms in total. The largest absolute Gasteiger partial charge is 0.328 e. The van der Waals surface area contributed by atoms with Crippen LogP contribution in [-0.2, 0) is 13.0 Å². The zero-order valence-corrected chi connectivity index (χ0v) is 6.67. The molecule has 64 valence electrons. The summed E-state index contributed by atoms with van der Waals surface area (Å²) in [5, 5.41) is 0. The van der Waals surface area contributed by atoms with E-state index in [2.05, 4.69) is 4.98 Å². The van der Waals surface area contributed by atoms with Gasteiger partial charge in [-0.3, -0.25) is 14.3 Å². The SMILES string of the molecule is O=c1cc2n(c(=O)[nH]1)CCCC2. The number of nitrogens with zero attached hydrogens (tertiary/aromatic N) is 1. The molecule has 1 N–H and O–H groups in total. The van der Waals surface area contributed by atoms with E-state index in [0.717, 1.165) is 31.5 Å². The summed E-state index contributed by atoms with van der Waals surface area (Å²) in [5.74, 6) is 0. The van der Waals surface area contributed by atoms with Crippen LogP contribution < -0.4 is 11.2 Å². The Bertz CT molecular complexity index is 402. The lowest BCUT2D eigenvalue weighted by Crippen LogP contribution is -2.33. The number of aromatic amines is 1. The molecule has 0 bridgehead atoms. The molecule has 0 fully saturated rings. The van der Waals surface area contributed by atoms with Crippen LogP contribution in [0.3, 0.4) is 0 Å². The van der Waals surface area contributed by atoms with E-state index in [-0.39, 0.29) is 11.2 Å². The van der Waals surface area contributed by atoms with Gasteiger partial charge in [0.15, 0.2) is 0 Å². The third-order valence-corrected chi connectivity index (χ3v) is 2.18. The molecule has 4 heteroatoms. The summed E-state index contributed by atoms with van der Waals surface area (Å²) >= 11 is 0. The standard InChI is InChI=1S/C8H10N2O2/c11-7-5-6-3-1-2-4-10(6)8(12)9-7/h5H,1-4H2,(H,9,11,12). The highest BCUT2D eigenvalue weighted by Crippen LogP contribution is 2.08. The molecule has 2 rings (SSSR count). The van der Waals surface area contributed by atoms with Gasteiger partial charge in [0.05, 0.1) is 0 Å². The first-order valence-corrected chi connectivity index (χ1v) is 4.10. The summed E-state index contributed by atoms with van der Waals surface area (Å²) in [6.45, 7) is 0.741.